The number of sulfonamides is 1. The number of hydrogen-bond acceptors (Lipinski definition) is 4. The summed E-state index contributed by atoms with van der Waals surface area (Å²) in [6.45, 7) is 8.18. The summed E-state index contributed by atoms with van der Waals surface area (Å²) in [6.07, 6.45) is 4.13. The molecule has 176 valence electrons. The molecule has 2 fully saturated rings. The van der Waals surface area contributed by atoms with Crippen LogP contribution in [0.4, 0.5) is 5.69 Å². The molecule has 0 spiro atoms. The Morgan fingerprint density at radius 1 is 1.06 bits per heavy atom. The van der Waals surface area contributed by atoms with Crippen molar-refractivity contribution in [1.29, 1.82) is 0 Å². The maximum Gasteiger partial charge on any atom is 0.213 e. The Balaban J connectivity index is 0.00000341. The molecule has 2 heterocycles. The van der Waals surface area contributed by atoms with Gasteiger partial charge in [-0.15, -0.1) is 24.0 Å². The molecule has 2 N–H and O–H groups in total. The van der Waals surface area contributed by atoms with E-state index in [1.54, 1.807) is 18.3 Å². The maximum atomic E-state index is 12.0. The third-order valence-electron chi connectivity index (χ3n) is 6.32. The number of halogens is 1. The first-order valence-electron chi connectivity index (χ1n) is 11.2. The summed E-state index contributed by atoms with van der Waals surface area (Å²) in [7, 11) is -1.31. The van der Waals surface area contributed by atoms with Crippen molar-refractivity contribution in [2.45, 2.75) is 52.1 Å². The van der Waals surface area contributed by atoms with Gasteiger partial charge >= 0.3 is 0 Å². The van der Waals surface area contributed by atoms with Crippen LogP contribution in [0.25, 0.3) is 0 Å². The number of aliphatic imine (C=N–C) groups is 1. The molecular weight excluding hydrogens is 525 g/mol. The second kappa shape index (κ2) is 12.2. The van der Waals surface area contributed by atoms with E-state index in [1.807, 2.05) is 0 Å². The van der Waals surface area contributed by atoms with Gasteiger partial charge in [0.2, 0.25) is 10.0 Å². The molecule has 31 heavy (non-hydrogen) atoms. The topological polar surface area (TPSA) is 77.0 Å². The van der Waals surface area contributed by atoms with Gasteiger partial charge in [0.15, 0.2) is 5.96 Å². The number of anilines is 1. The van der Waals surface area contributed by atoms with Crippen LogP contribution in [0.3, 0.4) is 0 Å². The first-order valence-corrected chi connectivity index (χ1v) is 12.8. The van der Waals surface area contributed by atoms with E-state index in [2.05, 4.69) is 51.7 Å². The predicted octanol–water partition coefficient (Wildman–Crippen LogP) is 3.02. The van der Waals surface area contributed by atoms with Crippen LogP contribution in [0.1, 0.15) is 45.1 Å². The van der Waals surface area contributed by atoms with E-state index in [-0.39, 0.29) is 35.8 Å². The molecule has 2 aliphatic rings. The van der Waals surface area contributed by atoms with Gasteiger partial charge in [0, 0.05) is 51.5 Å². The van der Waals surface area contributed by atoms with Crippen molar-refractivity contribution in [2.75, 3.05) is 43.9 Å². The molecule has 7 nitrogen and oxygen atoms in total. The molecule has 0 radical (unpaired) electrons. The summed E-state index contributed by atoms with van der Waals surface area (Å²) in [4.78, 5) is 6.81. The number of guanidine groups is 1. The van der Waals surface area contributed by atoms with Crippen molar-refractivity contribution < 1.29 is 8.42 Å². The lowest BCUT2D eigenvalue weighted by Gasteiger charge is -2.32. The number of rotatable bonds is 6. The zero-order valence-electron chi connectivity index (χ0n) is 19.0. The molecule has 0 amide bonds. The summed E-state index contributed by atoms with van der Waals surface area (Å²) in [6, 6.07) is 9.03. The third-order valence-corrected chi connectivity index (χ3v) is 8.20. The summed E-state index contributed by atoms with van der Waals surface area (Å²) >= 11 is 0. The number of benzene rings is 1. The molecule has 0 aliphatic carbocycles. The number of hydrogen-bond donors (Lipinski definition) is 2. The average Bonchev–Trinajstić information content (AvgIpc) is 2.78. The molecular formula is C22H38IN5O2S. The molecule has 1 aromatic carbocycles. The fraction of sp³-hybridized carbons (Fsp3) is 0.682. The van der Waals surface area contributed by atoms with E-state index in [0.29, 0.717) is 19.6 Å². The fourth-order valence-corrected chi connectivity index (χ4v) is 5.26. The van der Waals surface area contributed by atoms with Crippen LogP contribution in [0.5, 0.6) is 0 Å². The van der Waals surface area contributed by atoms with Gasteiger partial charge in [0.1, 0.15) is 0 Å². The Morgan fingerprint density at radius 3 is 2.23 bits per heavy atom. The van der Waals surface area contributed by atoms with Crippen molar-refractivity contribution >= 4 is 45.6 Å². The van der Waals surface area contributed by atoms with E-state index in [4.69, 9.17) is 0 Å². The molecule has 0 unspecified atom stereocenters. The lowest BCUT2D eigenvalue weighted by molar-refractivity contribution is 0.306. The quantitative estimate of drug-likeness (QED) is 0.316. The lowest BCUT2D eigenvalue weighted by atomic mass is 9.99. The maximum absolute atomic E-state index is 12.0. The fourth-order valence-electron chi connectivity index (χ4n) is 4.13. The first kappa shape index (κ1) is 26.2. The Bertz CT molecular complexity index is 800. The minimum absolute atomic E-state index is 0. The normalized spacial score (nSPS) is 19.7. The molecule has 2 saturated heterocycles. The molecule has 1 aromatic rings. The lowest BCUT2D eigenvalue weighted by Crippen LogP contribution is -2.49. The van der Waals surface area contributed by atoms with Crippen LogP contribution < -0.4 is 15.5 Å². The van der Waals surface area contributed by atoms with Crippen LogP contribution in [0.2, 0.25) is 0 Å². The smallest absolute Gasteiger partial charge is 0.213 e. The molecule has 0 bridgehead atoms. The molecule has 0 aromatic heterocycles. The van der Waals surface area contributed by atoms with Crippen LogP contribution in [0, 0.1) is 5.92 Å². The summed E-state index contributed by atoms with van der Waals surface area (Å²) in [5.74, 6) is 1.78. The first-order chi connectivity index (χ1) is 14.4. The second-order valence-electron chi connectivity index (χ2n) is 8.48. The van der Waals surface area contributed by atoms with Crippen LogP contribution in [0.15, 0.2) is 29.3 Å². The summed E-state index contributed by atoms with van der Waals surface area (Å²) in [5, 5.41) is 6.83. The number of nitrogens with zero attached hydrogens (tertiary/aromatic N) is 3. The van der Waals surface area contributed by atoms with Gasteiger partial charge < -0.3 is 15.5 Å². The number of piperidine rings is 2. The molecule has 2 aliphatic heterocycles. The zero-order valence-corrected chi connectivity index (χ0v) is 22.2. The molecule has 3 rings (SSSR count). The Labute approximate surface area is 205 Å². The van der Waals surface area contributed by atoms with E-state index in [0.717, 1.165) is 37.8 Å². The SMILES string of the molecule is CCS(=O)(=O)N1CCC(NC(=NC)NCc2ccc(N3CCC(C)CC3)cc2)CC1.I. The van der Waals surface area contributed by atoms with Crippen molar-refractivity contribution in [3.8, 4) is 0 Å². The van der Waals surface area contributed by atoms with Gasteiger partial charge in [-0.3, -0.25) is 4.99 Å². The second-order valence-corrected chi connectivity index (χ2v) is 10.7. The van der Waals surface area contributed by atoms with Gasteiger partial charge in [-0.2, -0.15) is 0 Å². The predicted molar refractivity (Wildman–Crippen MR) is 140 cm³/mol. The van der Waals surface area contributed by atoms with E-state index in [1.165, 1.54) is 24.1 Å². The highest BCUT2D eigenvalue weighted by Crippen LogP contribution is 2.23. The molecule has 0 saturated carbocycles. The highest BCUT2D eigenvalue weighted by Gasteiger charge is 2.27. The monoisotopic (exact) mass is 563 g/mol. The van der Waals surface area contributed by atoms with Crippen molar-refractivity contribution in [3.63, 3.8) is 0 Å². The van der Waals surface area contributed by atoms with Gasteiger partial charge in [0.05, 0.1) is 5.75 Å². The highest BCUT2D eigenvalue weighted by atomic mass is 127. The van der Waals surface area contributed by atoms with Gasteiger partial charge in [0.25, 0.3) is 0 Å². The number of nitrogens with one attached hydrogen (secondary N) is 2. The third kappa shape index (κ3) is 7.49. The Morgan fingerprint density at radius 2 is 1.68 bits per heavy atom. The molecule has 0 atom stereocenters. The largest absolute Gasteiger partial charge is 0.372 e. The van der Waals surface area contributed by atoms with E-state index in [9.17, 15) is 8.42 Å². The van der Waals surface area contributed by atoms with Crippen LogP contribution in [-0.2, 0) is 16.6 Å². The minimum atomic E-state index is -3.08. The summed E-state index contributed by atoms with van der Waals surface area (Å²) < 4.78 is 25.6. The van der Waals surface area contributed by atoms with Crippen molar-refractivity contribution in [1.82, 2.24) is 14.9 Å². The van der Waals surface area contributed by atoms with Gasteiger partial charge in [-0.1, -0.05) is 19.1 Å². The highest BCUT2D eigenvalue weighted by molar-refractivity contribution is 14.0. The van der Waals surface area contributed by atoms with E-state index >= 15 is 0 Å². The average molecular weight is 564 g/mol. The van der Waals surface area contributed by atoms with E-state index < -0.39 is 10.0 Å². The van der Waals surface area contributed by atoms with Gasteiger partial charge in [-0.25, -0.2) is 12.7 Å². The minimum Gasteiger partial charge on any atom is -0.372 e. The van der Waals surface area contributed by atoms with Crippen LogP contribution in [-0.4, -0.2) is 63.7 Å². The van der Waals surface area contributed by atoms with Crippen molar-refractivity contribution in [2.24, 2.45) is 10.9 Å². The Hall–Kier alpha value is -1.07. The standard InChI is InChI=1S/C22H37N5O2S.HI/c1-4-30(28,29)27-15-11-20(12-16-27)25-22(23-3)24-17-19-5-7-21(8-6-19)26-13-9-18(2)10-14-26;/h5-8,18,20H,4,9-17H2,1-3H3,(H2,23,24,25);1H. The van der Waals surface area contributed by atoms with Crippen molar-refractivity contribution in [3.05, 3.63) is 29.8 Å². The summed E-state index contributed by atoms with van der Waals surface area (Å²) in [5.41, 5.74) is 2.53. The van der Waals surface area contributed by atoms with Gasteiger partial charge in [-0.05, 0) is 56.2 Å². The zero-order chi connectivity index (χ0) is 21.6. The Kier molecular flexibility index (Phi) is 10.3. The molecule has 9 heteroatoms. The van der Waals surface area contributed by atoms with Crippen LogP contribution >= 0.6 is 24.0 Å².